The topological polar surface area (TPSA) is 37.8 Å². The number of hydrogen-bond acceptors (Lipinski definition) is 3. The minimum Gasteiger partial charge on any atom is -0.337 e. The van der Waals surface area contributed by atoms with E-state index in [0.29, 0.717) is 21.1 Å². The van der Waals surface area contributed by atoms with Crippen molar-refractivity contribution in [3.05, 3.63) is 57.9 Å². The van der Waals surface area contributed by atoms with Crippen molar-refractivity contribution in [3.8, 4) is 0 Å². The van der Waals surface area contributed by atoms with E-state index in [1.165, 1.54) is 12.1 Å². The van der Waals surface area contributed by atoms with Crippen LogP contribution in [0, 0.1) is 5.82 Å². The average Bonchev–Trinajstić information content (AvgIpc) is 2.45. The zero-order valence-corrected chi connectivity index (χ0v) is 12.4. The van der Waals surface area contributed by atoms with Crippen LogP contribution in [0.1, 0.15) is 0 Å². The van der Waals surface area contributed by atoms with Crippen LogP contribution in [0.4, 0.5) is 15.9 Å². The average molecular weight is 353 g/mol. The molecule has 0 amide bonds. The number of aromatic nitrogens is 2. The van der Waals surface area contributed by atoms with Crippen LogP contribution in [0.2, 0.25) is 5.15 Å². The zero-order valence-electron chi connectivity index (χ0n) is 10.1. The summed E-state index contributed by atoms with van der Waals surface area (Å²) in [5.74, 6) is 0.256. The summed E-state index contributed by atoms with van der Waals surface area (Å²) in [6, 6.07) is 11.9. The van der Waals surface area contributed by atoms with Gasteiger partial charge >= 0.3 is 0 Å². The van der Waals surface area contributed by atoms with E-state index in [2.05, 4.69) is 31.4 Å². The molecule has 0 aliphatic heterocycles. The molecule has 0 unspecified atom stereocenters. The molecule has 6 heteroatoms. The quantitative estimate of drug-likeness (QED) is 0.711. The monoisotopic (exact) mass is 351 g/mol. The first-order valence-electron chi connectivity index (χ1n) is 5.78. The zero-order chi connectivity index (χ0) is 14.1. The molecule has 1 N–H and O–H groups in total. The second kappa shape index (κ2) is 5.34. The highest BCUT2D eigenvalue weighted by Gasteiger charge is 2.09. The van der Waals surface area contributed by atoms with E-state index < -0.39 is 0 Å². The van der Waals surface area contributed by atoms with Gasteiger partial charge in [0.25, 0.3) is 0 Å². The number of rotatable bonds is 2. The Labute approximate surface area is 127 Å². The summed E-state index contributed by atoms with van der Waals surface area (Å²) in [5, 5.41) is 13.1. The van der Waals surface area contributed by atoms with E-state index >= 15 is 0 Å². The standard InChI is InChI=1S/C14H8BrClFN3/c15-11-7-8(17)5-6-12(11)18-14-10-4-2-1-3-9(10)13(16)19-20-14/h1-7H,(H,18,20). The molecule has 0 saturated carbocycles. The highest BCUT2D eigenvalue weighted by Crippen LogP contribution is 2.30. The first-order valence-corrected chi connectivity index (χ1v) is 6.95. The molecule has 0 spiro atoms. The summed E-state index contributed by atoms with van der Waals surface area (Å²) in [4.78, 5) is 0. The SMILES string of the molecule is Fc1ccc(Nc2nnc(Cl)c3ccccc23)c(Br)c1. The summed E-state index contributed by atoms with van der Waals surface area (Å²) in [5.41, 5.74) is 0.702. The molecule has 2 aromatic carbocycles. The van der Waals surface area contributed by atoms with Gasteiger partial charge in [0.2, 0.25) is 0 Å². The maximum absolute atomic E-state index is 13.1. The molecule has 3 nitrogen and oxygen atoms in total. The third-order valence-corrected chi connectivity index (χ3v) is 3.76. The molecular weight excluding hydrogens is 345 g/mol. The molecular formula is C14H8BrClFN3. The van der Waals surface area contributed by atoms with Gasteiger partial charge in [0.15, 0.2) is 11.0 Å². The van der Waals surface area contributed by atoms with Crippen LogP contribution < -0.4 is 5.32 Å². The van der Waals surface area contributed by atoms with Gasteiger partial charge in [0.1, 0.15) is 5.82 Å². The second-order valence-electron chi connectivity index (χ2n) is 4.13. The summed E-state index contributed by atoms with van der Waals surface area (Å²) < 4.78 is 13.7. The van der Waals surface area contributed by atoms with E-state index in [-0.39, 0.29) is 5.82 Å². The van der Waals surface area contributed by atoms with Gasteiger partial charge in [0.05, 0.1) is 5.69 Å². The Kier molecular flexibility index (Phi) is 3.54. The van der Waals surface area contributed by atoms with Crippen molar-refractivity contribution in [1.29, 1.82) is 0 Å². The van der Waals surface area contributed by atoms with Gasteiger partial charge in [-0.1, -0.05) is 35.9 Å². The maximum atomic E-state index is 13.1. The van der Waals surface area contributed by atoms with Gasteiger partial charge in [-0.25, -0.2) is 4.39 Å². The van der Waals surface area contributed by atoms with Gasteiger partial charge in [-0.3, -0.25) is 0 Å². The first-order chi connectivity index (χ1) is 9.65. The van der Waals surface area contributed by atoms with Crippen LogP contribution in [-0.2, 0) is 0 Å². The number of benzene rings is 2. The van der Waals surface area contributed by atoms with Crippen molar-refractivity contribution in [2.24, 2.45) is 0 Å². The molecule has 0 aliphatic rings. The Morgan fingerprint density at radius 1 is 1.05 bits per heavy atom. The molecule has 0 aliphatic carbocycles. The van der Waals surface area contributed by atoms with Crippen LogP contribution in [0.5, 0.6) is 0 Å². The summed E-state index contributed by atoms with van der Waals surface area (Å²) in [6.07, 6.45) is 0. The predicted molar refractivity (Wildman–Crippen MR) is 81.9 cm³/mol. The predicted octanol–water partition coefficient (Wildman–Crippen LogP) is 4.93. The van der Waals surface area contributed by atoms with Gasteiger partial charge in [-0.05, 0) is 34.1 Å². The molecule has 3 aromatic rings. The van der Waals surface area contributed by atoms with E-state index in [0.717, 1.165) is 10.8 Å². The number of nitrogens with zero attached hydrogens (tertiary/aromatic N) is 2. The van der Waals surface area contributed by atoms with E-state index in [1.54, 1.807) is 6.07 Å². The Morgan fingerprint density at radius 3 is 2.55 bits per heavy atom. The van der Waals surface area contributed by atoms with Crippen molar-refractivity contribution >= 4 is 49.8 Å². The molecule has 0 bridgehead atoms. The molecule has 0 fully saturated rings. The lowest BCUT2D eigenvalue weighted by molar-refractivity contribution is 0.627. The molecule has 1 aromatic heterocycles. The molecule has 0 atom stereocenters. The van der Waals surface area contributed by atoms with E-state index in [9.17, 15) is 4.39 Å². The lowest BCUT2D eigenvalue weighted by Crippen LogP contribution is -1.98. The molecule has 3 rings (SSSR count). The van der Waals surface area contributed by atoms with Gasteiger partial charge in [0, 0.05) is 15.2 Å². The van der Waals surface area contributed by atoms with Crippen molar-refractivity contribution in [3.63, 3.8) is 0 Å². The second-order valence-corrected chi connectivity index (χ2v) is 5.35. The van der Waals surface area contributed by atoms with Gasteiger partial charge in [-0.15, -0.1) is 10.2 Å². The lowest BCUT2D eigenvalue weighted by Gasteiger charge is -2.10. The van der Waals surface area contributed by atoms with Crippen LogP contribution in [0.3, 0.4) is 0 Å². The molecule has 0 radical (unpaired) electrons. The molecule has 100 valence electrons. The Bertz CT molecular complexity index is 794. The minimum atomic E-state index is -0.311. The van der Waals surface area contributed by atoms with Crippen molar-refractivity contribution in [2.75, 3.05) is 5.32 Å². The summed E-state index contributed by atoms with van der Waals surface area (Å²) in [7, 11) is 0. The minimum absolute atomic E-state index is 0.311. The van der Waals surface area contributed by atoms with E-state index in [4.69, 9.17) is 11.6 Å². The van der Waals surface area contributed by atoms with Crippen LogP contribution >= 0.6 is 27.5 Å². The molecule has 1 heterocycles. The smallest absolute Gasteiger partial charge is 0.161 e. The fraction of sp³-hybridized carbons (Fsp3) is 0. The first kappa shape index (κ1) is 13.3. The third-order valence-electron chi connectivity index (χ3n) is 2.83. The van der Waals surface area contributed by atoms with Crippen molar-refractivity contribution < 1.29 is 4.39 Å². The van der Waals surface area contributed by atoms with Crippen LogP contribution in [-0.4, -0.2) is 10.2 Å². The fourth-order valence-corrected chi connectivity index (χ4v) is 2.53. The highest BCUT2D eigenvalue weighted by molar-refractivity contribution is 9.10. The number of halogens is 3. The molecule has 0 saturated heterocycles. The Hall–Kier alpha value is -1.72. The van der Waals surface area contributed by atoms with Crippen LogP contribution in [0.25, 0.3) is 10.8 Å². The number of nitrogens with one attached hydrogen (secondary N) is 1. The van der Waals surface area contributed by atoms with Gasteiger partial charge in [-0.2, -0.15) is 0 Å². The normalized spacial score (nSPS) is 10.8. The largest absolute Gasteiger partial charge is 0.337 e. The van der Waals surface area contributed by atoms with Crippen molar-refractivity contribution in [1.82, 2.24) is 10.2 Å². The van der Waals surface area contributed by atoms with Crippen molar-refractivity contribution in [2.45, 2.75) is 0 Å². The maximum Gasteiger partial charge on any atom is 0.161 e. The van der Waals surface area contributed by atoms with E-state index in [1.807, 2.05) is 24.3 Å². The molecule has 20 heavy (non-hydrogen) atoms. The Morgan fingerprint density at radius 2 is 1.80 bits per heavy atom. The number of hydrogen-bond donors (Lipinski definition) is 1. The third kappa shape index (κ3) is 2.46. The highest BCUT2D eigenvalue weighted by atomic mass is 79.9. The fourth-order valence-electron chi connectivity index (χ4n) is 1.88. The van der Waals surface area contributed by atoms with Gasteiger partial charge < -0.3 is 5.32 Å². The summed E-state index contributed by atoms with van der Waals surface area (Å²) >= 11 is 9.33. The summed E-state index contributed by atoms with van der Waals surface area (Å²) in [6.45, 7) is 0. The number of fused-ring (bicyclic) bond motifs is 1. The van der Waals surface area contributed by atoms with Crippen LogP contribution in [0.15, 0.2) is 46.9 Å². The number of anilines is 2. The lowest BCUT2D eigenvalue weighted by atomic mass is 10.2. The Balaban J connectivity index is 2.09.